The van der Waals surface area contributed by atoms with Gasteiger partial charge in [0.05, 0.1) is 5.01 Å². The van der Waals surface area contributed by atoms with Gasteiger partial charge in [0, 0.05) is 55.3 Å². The van der Waals surface area contributed by atoms with Crippen molar-refractivity contribution in [3.8, 4) is 0 Å². The van der Waals surface area contributed by atoms with Crippen LogP contribution < -0.4 is 15.5 Å². The highest BCUT2D eigenvalue weighted by Crippen LogP contribution is 2.21. The number of thiazole rings is 2. The number of hydrogen-bond acceptors (Lipinski definition) is 6. The third kappa shape index (κ3) is 4.17. The number of nitrogens with zero attached hydrogens (tertiary/aromatic N) is 3. The Morgan fingerprint density at radius 1 is 1.23 bits per heavy atom. The lowest BCUT2D eigenvalue weighted by molar-refractivity contribution is 0.234. The van der Waals surface area contributed by atoms with Crippen LogP contribution in [0.2, 0.25) is 0 Å². The second kappa shape index (κ2) is 7.55. The molecule has 8 heteroatoms. The summed E-state index contributed by atoms with van der Waals surface area (Å²) in [5, 5.41) is 12.0. The first-order chi connectivity index (χ1) is 10.8. The van der Waals surface area contributed by atoms with Gasteiger partial charge in [0.15, 0.2) is 5.13 Å². The molecule has 2 N–H and O–H groups in total. The minimum Gasteiger partial charge on any atom is -0.348 e. The lowest BCUT2D eigenvalue weighted by Crippen LogP contribution is -2.48. The molecule has 1 aliphatic heterocycles. The van der Waals surface area contributed by atoms with Crippen LogP contribution in [0.5, 0.6) is 0 Å². The molecule has 3 heterocycles. The van der Waals surface area contributed by atoms with Crippen LogP contribution in [0.4, 0.5) is 9.93 Å². The molecule has 1 saturated heterocycles. The summed E-state index contributed by atoms with van der Waals surface area (Å²) in [6, 6.07) is 0.167. The molecule has 3 rings (SSSR count). The minimum atomic E-state index is -0.0794. The Hall–Kier alpha value is -1.67. The second-order valence-corrected chi connectivity index (χ2v) is 7.00. The quantitative estimate of drug-likeness (QED) is 0.877. The summed E-state index contributed by atoms with van der Waals surface area (Å²) in [6.45, 7) is 2.51. The van der Waals surface area contributed by atoms with Crippen LogP contribution in [0, 0.1) is 0 Å². The van der Waals surface area contributed by atoms with Crippen LogP contribution in [0.1, 0.15) is 17.8 Å². The highest BCUT2D eigenvalue weighted by Gasteiger charge is 2.21. The van der Waals surface area contributed by atoms with Crippen LogP contribution in [-0.2, 0) is 6.42 Å². The van der Waals surface area contributed by atoms with Crippen LogP contribution in [-0.4, -0.2) is 41.7 Å². The zero-order valence-electron chi connectivity index (χ0n) is 12.2. The number of carbonyl (C=O) groups is 1. The van der Waals surface area contributed by atoms with Gasteiger partial charge in [0.1, 0.15) is 0 Å². The van der Waals surface area contributed by atoms with Crippen molar-refractivity contribution < 1.29 is 4.79 Å². The number of anilines is 1. The molecule has 0 bridgehead atoms. The molecule has 22 heavy (non-hydrogen) atoms. The predicted molar refractivity (Wildman–Crippen MR) is 89.7 cm³/mol. The van der Waals surface area contributed by atoms with E-state index < -0.39 is 0 Å². The van der Waals surface area contributed by atoms with E-state index in [4.69, 9.17) is 0 Å². The Morgan fingerprint density at radius 3 is 2.68 bits per heavy atom. The van der Waals surface area contributed by atoms with E-state index in [1.165, 1.54) is 0 Å². The molecule has 2 aromatic heterocycles. The molecular formula is C14H19N5OS2. The number of aromatic nitrogens is 2. The first-order valence-electron chi connectivity index (χ1n) is 7.38. The monoisotopic (exact) mass is 337 g/mol. The number of piperidine rings is 1. The van der Waals surface area contributed by atoms with Crippen LogP contribution >= 0.6 is 22.7 Å². The van der Waals surface area contributed by atoms with Gasteiger partial charge in [-0.15, -0.1) is 22.7 Å². The van der Waals surface area contributed by atoms with Crippen molar-refractivity contribution in [2.24, 2.45) is 0 Å². The summed E-state index contributed by atoms with van der Waals surface area (Å²) >= 11 is 3.28. The summed E-state index contributed by atoms with van der Waals surface area (Å²) in [4.78, 5) is 22.7. The number of carbonyl (C=O) groups excluding carboxylic acids is 1. The summed E-state index contributed by atoms with van der Waals surface area (Å²) in [5.74, 6) is 0. The molecule has 1 fully saturated rings. The van der Waals surface area contributed by atoms with Gasteiger partial charge in [-0.3, -0.25) is 0 Å². The minimum absolute atomic E-state index is 0.0794. The van der Waals surface area contributed by atoms with Crippen molar-refractivity contribution in [3.63, 3.8) is 0 Å². The van der Waals surface area contributed by atoms with Gasteiger partial charge in [-0.2, -0.15) is 0 Å². The normalized spacial score (nSPS) is 15.7. The molecule has 6 nitrogen and oxygen atoms in total. The molecule has 118 valence electrons. The van der Waals surface area contributed by atoms with E-state index in [1.807, 2.05) is 17.0 Å². The van der Waals surface area contributed by atoms with E-state index in [2.05, 4.69) is 25.5 Å². The third-order valence-electron chi connectivity index (χ3n) is 3.63. The Kier molecular flexibility index (Phi) is 5.23. The SMILES string of the molecule is O=C(NCCc1nccs1)NC1CCN(c2nccs2)CC1. The fourth-order valence-corrected chi connectivity index (χ4v) is 3.80. The smallest absolute Gasteiger partial charge is 0.315 e. The van der Waals surface area contributed by atoms with Gasteiger partial charge in [-0.05, 0) is 12.8 Å². The maximum Gasteiger partial charge on any atom is 0.315 e. The van der Waals surface area contributed by atoms with Gasteiger partial charge >= 0.3 is 6.03 Å². The Labute approximate surface area is 137 Å². The Balaban J connectivity index is 1.34. The average molecular weight is 337 g/mol. The topological polar surface area (TPSA) is 70.2 Å². The Bertz CT molecular complexity index is 564. The fourth-order valence-electron chi connectivity index (χ4n) is 2.48. The first kappa shape index (κ1) is 15.2. The van der Waals surface area contributed by atoms with Crippen molar-refractivity contribution in [2.45, 2.75) is 25.3 Å². The summed E-state index contributed by atoms with van der Waals surface area (Å²) < 4.78 is 0. The van der Waals surface area contributed by atoms with Crippen molar-refractivity contribution in [2.75, 3.05) is 24.5 Å². The molecule has 0 aliphatic carbocycles. The lowest BCUT2D eigenvalue weighted by atomic mass is 10.1. The molecule has 0 aromatic carbocycles. The largest absolute Gasteiger partial charge is 0.348 e. The molecule has 2 amide bonds. The maximum atomic E-state index is 11.9. The van der Waals surface area contributed by atoms with Gasteiger partial charge in [-0.25, -0.2) is 14.8 Å². The molecule has 0 unspecified atom stereocenters. The zero-order valence-corrected chi connectivity index (χ0v) is 13.8. The molecule has 1 aliphatic rings. The van der Waals surface area contributed by atoms with Crippen molar-refractivity contribution in [1.82, 2.24) is 20.6 Å². The van der Waals surface area contributed by atoms with Gasteiger partial charge < -0.3 is 15.5 Å². The van der Waals surface area contributed by atoms with Gasteiger partial charge in [0.2, 0.25) is 0 Å². The number of urea groups is 1. The summed E-state index contributed by atoms with van der Waals surface area (Å²) in [6.07, 6.45) is 6.32. The average Bonchev–Trinajstić information content (AvgIpc) is 3.21. The number of nitrogens with one attached hydrogen (secondary N) is 2. The van der Waals surface area contributed by atoms with Gasteiger partial charge in [0.25, 0.3) is 0 Å². The third-order valence-corrected chi connectivity index (χ3v) is 5.30. The first-order valence-corrected chi connectivity index (χ1v) is 9.14. The van der Waals surface area contributed by atoms with Gasteiger partial charge in [-0.1, -0.05) is 0 Å². The maximum absolute atomic E-state index is 11.9. The lowest BCUT2D eigenvalue weighted by Gasteiger charge is -2.32. The van der Waals surface area contributed by atoms with Crippen LogP contribution in [0.3, 0.4) is 0 Å². The molecule has 2 aromatic rings. The standard InChI is InChI=1S/C14H19N5OS2/c20-13(16-4-1-12-15-5-9-21-12)18-11-2-7-19(8-3-11)14-17-6-10-22-14/h5-6,9-11H,1-4,7-8H2,(H2,16,18,20). The van der Waals surface area contributed by atoms with Crippen LogP contribution in [0.15, 0.2) is 23.2 Å². The molecule has 0 saturated carbocycles. The zero-order chi connectivity index (χ0) is 15.2. The number of hydrogen-bond donors (Lipinski definition) is 2. The van der Waals surface area contributed by atoms with Crippen molar-refractivity contribution in [1.29, 1.82) is 0 Å². The van der Waals surface area contributed by atoms with E-state index in [1.54, 1.807) is 28.9 Å². The highest BCUT2D eigenvalue weighted by molar-refractivity contribution is 7.13. The van der Waals surface area contributed by atoms with E-state index in [9.17, 15) is 4.79 Å². The number of rotatable bonds is 5. The molecule has 0 radical (unpaired) electrons. The highest BCUT2D eigenvalue weighted by atomic mass is 32.1. The van der Waals surface area contributed by atoms with Crippen molar-refractivity contribution in [3.05, 3.63) is 28.2 Å². The van der Waals surface area contributed by atoms with E-state index in [-0.39, 0.29) is 12.1 Å². The molecule has 0 spiro atoms. The van der Waals surface area contributed by atoms with E-state index >= 15 is 0 Å². The van der Waals surface area contributed by atoms with E-state index in [0.29, 0.717) is 6.54 Å². The summed E-state index contributed by atoms with van der Waals surface area (Å²) in [7, 11) is 0. The molecular weight excluding hydrogens is 318 g/mol. The Morgan fingerprint density at radius 2 is 2.00 bits per heavy atom. The number of amides is 2. The summed E-state index contributed by atoms with van der Waals surface area (Å²) in [5.41, 5.74) is 0. The fraction of sp³-hybridized carbons (Fsp3) is 0.500. The second-order valence-electron chi connectivity index (χ2n) is 5.15. The van der Waals surface area contributed by atoms with Crippen LogP contribution in [0.25, 0.3) is 0 Å². The predicted octanol–water partition coefficient (Wildman–Crippen LogP) is 2.11. The van der Waals surface area contributed by atoms with Crippen molar-refractivity contribution >= 4 is 33.8 Å². The van der Waals surface area contributed by atoms with E-state index in [0.717, 1.165) is 42.5 Å². The molecule has 0 atom stereocenters.